The lowest BCUT2D eigenvalue weighted by molar-refractivity contribution is 0.755. The molecule has 3 heterocycles. The number of halogens is 1. The van der Waals surface area contributed by atoms with Crippen molar-refractivity contribution in [3.8, 4) is 0 Å². The van der Waals surface area contributed by atoms with E-state index in [0.717, 1.165) is 28.0 Å². The topological polar surface area (TPSA) is 53.7 Å². The maximum absolute atomic E-state index is 4.49. The van der Waals surface area contributed by atoms with Crippen molar-refractivity contribution in [1.82, 2.24) is 9.61 Å². The molecule has 25 heavy (non-hydrogen) atoms. The number of allylic oxidation sites excluding steroid dienone is 2. The third kappa shape index (κ3) is 3.79. The van der Waals surface area contributed by atoms with Gasteiger partial charge in [-0.3, -0.25) is 4.99 Å². The lowest BCUT2D eigenvalue weighted by Crippen LogP contribution is -2.17. The Bertz CT molecular complexity index is 814. The fourth-order valence-electron chi connectivity index (χ4n) is 3.43. The molecule has 2 aliphatic rings. The summed E-state index contributed by atoms with van der Waals surface area (Å²) in [6.07, 6.45) is 16.9. The van der Waals surface area contributed by atoms with Crippen LogP contribution >= 0.6 is 15.9 Å². The largest absolute Gasteiger partial charge is 0.382 e. The van der Waals surface area contributed by atoms with Crippen LogP contribution < -0.4 is 10.6 Å². The summed E-state index contributed by atoms with van der Waals surface area (Å²) in [6.45, 7) is 0.779. The molecule has 1 aliphatic carbocycles. The predicted molar refractivity (Wildman–Crippen MR) is 108 cm³/mol. The highest BCUT2D eigenvalue weighted by Gasteiger charge is 2.16. The van der Waals surface area contributed by atoms with E-state index in [1.807, 2.05) is 35.3 Å². The van der Waals surface area contributed by atoms with Gasteiger partial charge in [-0.15, -0.1) is 0 Å². The third-order valence-corrected chi connectivity index (χ3v) is 5.35. The Kier molecular flexibility index (Phi) is 4.88. The standard InChI is InChI=1S/C19H22BrN5/c20-17-13-23-25-18(17)9-16(24-15-6-1-2-7-15)10-19(25)22-12-14-5-3-4-8-21-11-14/h3-5,8-11,13-15,22,24H,1-2,6-7,12H2. The Morgan fingerprint density at radius 3 is 2.96 bits per heavy atom. The Hall–Kier alpha value is -2.08. The van der Waals surface area contributed by atoms with Gasteiger partial charge in [0.25, 0.3) is 0 Å². The van der Waals surface area contributed by atoms with Gasteiger partial charge in [-0.05, 0) is 40.9 Å². The molecule has 0 saturated heterocycles. The number of nitrogens with one attached hydrogen (secondary N) is 2. The van der Waals surface area contributed by atoms with Crippen LogP contribution in [0.3, 0.4) is 0 Å². The highest BCUT2D eigenvalue weighted by atomic mass is 79.9. The smallest absolute Gasteiger partial charge is 0.130 e. The second-order valence-electron chi connectivity index (χ2n) is 6.61. The van der Waals surface area contributed by atoms with Crippen LogP contribution in [0.5, 0.6) is 0 Å². The first kappa shape index (κ1) is 16.4. The number of nitrogens with zero attached hydrogens (tertiary/aromatic N) is 3. The number of aromatic nitrogens is 2. The molecule has 2 aromatic rings. The van der Waals surface area contributed by atoms with Crippen LogP contribution in [0.1, 0.15) is 25.7 Å². The van der Waals surface area contributed by atoms with Gasteiger partial charge in [-0.1, -0.05) is 25.0 Å². The SMILES string of the molecule is Brc1cnn2c(NCC3C=CC=CN=C3)cc(NC3CCCC3)cc12. The lowest BCUT2D eigenvalue weighted by Gasteiger charge is -2.17. The van der Waals surface area contributed by atoms with E-state index in [4.69, 9.17) is 0 Å². The zero-order valence-electron chi connectivity index (χ0n) is 14.0. The Balaban J connectivity index is 1.57. The highest BCUT2D eigenvalue weighted by molar-refractivity contribution is 9.10. The Labute approximate surface area is 156 Å². The molecule has 1 fully saturated rings. The summed E-state index contributed by atoms with van der Waals surface area (Å²) in [5, 5.41) is 11.7. The van der Waals surface area contributed by atoms with E-state index in [1.54, 1.807) is 0 Å². The van der Waals surface area contributed by atoms with Crippen molar-refractivity contribution in [1.29, 1.82) is 0 Å². The van der Waals surface area contributed by atoms with Crippen molar-refractivity contribution in [3.05, 3.63) is 47.2 Å². The van der Waals surface area contributed by atoms with E-state index in [0.29, 0.717) is 6.04 Å². The molecular formula is C19H22BrN5. The molecule has 0 amide bonds. The molecule has 5 nitrogen and oxygen atoms in total. The number of anilines is 2. The van der Waals surface area contributed by atoms with Crippen molar-refractivity contribution in [3.63, 3.8) is 0 Å². The Morgan fingerprint density at radius 1 is 1.20 bits per heavy atom. The molecule has 0 spiro atoms. The summed E-state index contributed by atoms with van der Waals surface area (Å²) in [5.74, 6) is 1.25. The minimum atomic E-state index is 0.260. The molecule has 4 rings (SSSR count). The first-order chi connectivity index (χ1) is 12.3. The molecule has 1 unspecified atom stereocenters. The average Bonchev–Trinajstić information content (AvgIpc) is 3.17. The summed E-state index contributed by atoms with van der Waals surface area (Å²) in [7, 11) is 0. The number of fused-ring (bicyclic) bond motifs is 1. The second-order valence-corrected chi connectivity index (χ2v) is 7.47. The fraction of sp³-hybridized carbons (Fsp3) is 0.368. The third-order valence-electron chi connectivity index (χ3n) is 4.74. The minimum Gasteiger partial charge on any atom is -0.382 e. The van der Waals surface area contributed by atoms with E-state index >= 15 is 0 Å². The van der Waals surface area contributed by atoms with E-state index in [1.165, 1.54) is 25.7 Å². The number of rotatable bonds is 5. The fourth-order valence-corrected chi connectivity index (χ4v) is 3.81. The first-order valence-electron chi connectivity index (χ1n) is 8.84. The van der Waals surface area contributed by atoms with Gasteiger partial charge < -0.3 is 10.6 Å². The monoisotopic (exact) mass is 399 g/mol. The number of hydrogen-bond acceptors (Lipinski definition) is 4. The van der Waals surface area contributed by atoms with Crippen LogP contribution in [0.15, 0.2) is 52.2 Å². The van der Waals surface area contributed by atoms with E-state index in [2.05, 4.69) is 54.9 Å². The number of pyridine rings is 1. The molecule has 0 bridgehead atoms. The Morgan fingerprint density at radius 2 is 2.08 bits per heavy atom. The van der Waals surface area contributed by atoms with Crippen LogP contribution in [0.4, 0.5) is 11.5 Å². The highest BCUT2D eigenvalue weighted by Crippen LogP contribution is 2.28. The minimum absolute atomic E-state index is 0.260. The van der Waals surface area contributed by atoms with Crippen molar-refractivity contribution < 1.29 is 0 Å². The molecule has 1 atom stereocenters. The van der Waals surface area contributed by atoms with Gasteiger partial charge in [0.05, 0.1) is 16.2 Å². The van der Waals surface area contributed by atoms with Crippen molar-refractivity contribution in [2.24, 2.45) is 10.9 Å². The van der Waals surface area contributed by atoms with Crippen LogP contribution in [0.2, 0.25) is 0 Å². The lowest BCUT2D eigenvalue weighted by atomic mass is 10.1. The molecule has 1 saturated carbocycles. The van der Waals surface area contributed by atoms with Crippen molar-refractivity contribution in [2.45, 2.75) is 31.7 Å². The summed E-state index contributed by atoms with van der Waals surface area (Å²) in [5.41, 5.74) is 2.21. The molecule has 6 heteroatoms. The van der Waals surface area contributed by atoms with Gasteiger partial charge in [0, 0.05) is 42.7 Å². The molecular weight excluding hydrogens is 378 g/mol. The summed E-state index contributed by atoms with van der Waals surface area (Å²) in [4.78, 5) is 4.27. The molecule has 0 aromatic carbocycles. The van der Waals surface area contributed by atoms with Crippen LogP contribution in [-0.4, -0.2) is 28.4 Å². The van der Waals surface area contributed by atoms with Gasteiger partial charge in [-0.25, -0.2) is 4.52 Å². The van der Waals surface area contributed by atoms with E-state index in [9.17, 15) is 0 Å². The molecule has 130 valence electrons. The maximum Gasteiger partial charge on any atom is 0.130 e. The van der Waals surface area contributed by atoms with E-state index in [-0.39, 0.29) is 5.92 Å². The molecule has 2 N–H and O–H groups in total. The van der Waals surface area contributed by atoms with E-state index < -0.39 is 0 Å². The molecule has 0 radical (unpaired) electrons. The summed E-state index contributed by atoms with van der Waals surface area (Å²) < 4.78 is 2.95. The quantitative estimate of drug-likeness (QED) is 0.769. The number of hydrogen-bond donors (Lipinski definition) is 2. The molecule has 2 aromatic heterocycles. The predicted octanol–water partition coefficient (Wildman–Crippen LogP) is 4.63. The average molecular weight is 400 g/mol. The van der Waals surface area contributed by atoms with Gasteiger partial charge in [0.2, 0.25) is 0 Å². The van der Waals surface area contributed by atoms with Crippen molar-refractivity contribution >= 4 is 39.2 Å². The maximum atomic E-state index is 4.49. The molecule has 1 aliphatic heterocycles. The van der Waals surface area contributed by atoms with Gasteiger partial charge in [0.1, 0.15) is 5.82 Å². The zero-order chi connectivity index (χ0) is 17.1. The first-order valence-corrected chi connectivity index (χ1v) is 9.63. The summed E-state index contributed by atoms with van der Waals surface area (Å²) in [6, 6.07) is 4.90. The summed E-state index contributed by atoms with van der Waals surface area (Å²) >= 11 is 3.61. The van der Waals surface area contributed by atoms with Gasteiger partial charge in [-0.2, -0.15) is 5.10 Å². The van der Waals surface area contributed by atoms with Crippen LogP contribution in [-0.2, 0) is 0 Å². The number of aliphatic imine (C=N–C) groups is 1. The van der Waals surface area contributed by atoms with Crippen LogP contribution in [0, 0.1) is 5.92 Å². The van der Waals surface area contributed by atoms with Gasteiger partial charge >= 0.3 is 0 Å². The second kappa shape index (κ2) is 7.44. The van der Waals surface area contributed by atoms with Gasteiger partial charge in [0.15, 0.2) is 0 Å². The van der Waals surface area contributed by atoms with Crippen LogP contribution in [0.25, 0.3) is 5.52 Å². The normalized spacial score (nSPS) is 20.3. The van der Waals surface area contributed by atoms with Crippen molar-refractivity contribution in [2.75, 3.05) is 17.2 Å². The zero-order valence-corrected chi connectivity index (χ0v) is 15.6.